The second-order valence-electron chi connectivity index (χ2n) is 8.10. The largest absolute Gasteiger partial charge is 0.349 e. The first-order valence-electron chi connectivity index (χ1n) is 10.5. The van der Waals surface area contributed by atoms with Gasteiger partial charge in [-0.15, -0.1) is 0 Å². The number of likely N-dealkylation sites (tertiary alicyclic amines) is 1. The summed E-state index contributed by atoms with van der Waals surface area (Å²) in [6, 6.07) is 7.79. The van der Waals surface area contributed by atoms with Crippen molar-refractivity contribution in [2.24, 2.45) is 0 Å². The van der Waals surface area contributed by atoms with Crippen LogP contribution < -0.4 is 10.6 Å². The summed E-state index contributed by atoms with van der Waals surface area (Å²) in [5.74, 6) is -0.328. The van der Waals surface area contributed by atoms with Crippen LogP contribution in [-0.2, 0) is 9.59 Å². The molecule has 0 radical (unpaired) electrons. The standard InChI is InChI=1S/C23H30N4O3S/c1-16-5-4-6-17(2)22(16)25-20(28)13-26(3)21(29)14-27-10-7-19(8-11-27)24-23(30)18-9-12-31-15-18/h4-6,9,12,15,19H,7-8,10-11,13-14H2,1-3H3,(H,24,30)(H,25,28). The van der Waals surface area contributed by atoms with Crippen LogP contribution in [0, 0.1) is 13.8 Å². The lowest BCUT2D eigenvalue weighted by atomic mass is 10.0. The van der Waals surface area contributed by atoms with Crippen LogP contribution in [0.1, 0.15) is 34.3 Å². The molecule has 0 aliphatic carbocycles. The van der Waals surface area contributed by atoms with E-state index in [1.165, 1.54) is 16.2 Å². The molecule has 2 aromatic rings. The van der Waals surface area contributed by atoms with Gasteiger partial charge in [0.25, 0.3) is 5.91 Å². The molecule has 1 saturated heterocycles. The molecule has 3 rings (SSSR count). The minimum atomic E-state index is -0.205. The molecule has 2 N–H and O–H groups in total. The first-order valence-corrected chi connectivity index (χ1v) is 11.4. The van der Waals surface area contributed by atoms with E-state index >= 15 is 0 Å². The Morgan fingerprint density at radius 2 is 1.81 bits per heavy atom. The molecule has 7 nitrogen and oxygen atoms in total. The van der Waals surface area contributed by atoms with E-state index in [2.05, 4.69) is 15.5 Å². The van der Waals surface area contributed by atoms with Crippen LogP contribution in [-0.4, -0.2) is 66.8 Å². The molecule has 0 saturated carbocycles. The van der Waals surface area contributed by atoms with Gasteiger partial charge in [-0.25, -0.2) is 0 Å². The molecule has 2 heterocycles. The van der Waals surface area contributed by atoms with E-state index in [4.69, 9.17) is 0 Å². The molecule has 8 heteroatoms. The molecule has 0 spiro atoms. The number of nitrogens with one attached hydrogen (secondary N) is 2. The number of carbonyl (C=O) groups excluding carboxylic acids is 3. The monoisotopic (exact) mass is 442 g/mol. The highest BCUT2D eigenvalue weighted by atomic mass is 32.1. The zero-order valence-corrected chi connectivity index (χ0v) is 19.1. The highest BCUT2D eigenvalue weighted by molar-refractivity contribution is 7.08. The van der Waals surface area contributed by atoms with Crippen LogP contribution in [0.3, 0.4) is 0 Å². The molecule has 3 amide bonds. The number of likely N-dealkylation sites (N-methyl/N-ethyl adjacent to an activating group) is 1. The molecule has 166 valence electrons. The Balaban J connectivity index is 1.41. The summed E-state index contributed by atoms with van der Waals surface area (Å²) in [6.45, 7) is 5.66. The van der Waals surface area contributed by atoms with Crippen LogP contribution in [0.5, 0.6) is 0 Å². The minimum Gasteiger partial charge on any atom is -0.349 e. The molecule has 0 atom stereocenters. The topological polar surface area (TPSA) is 81.8 Å². The van der Waals surface area contributed by atoms with E-state index in [-0.39, 0.29) is 36.9 Å². The number of aryl methyl sites for hydroxylation is 2. The van der Waals surface area contributed by atoms with Crippen molar-refractivity contribution in [1.82, 2.24) is 15.1 Å². The van der Waals surface area contributed by atoms with E-state index in [1.807, 2.05) is 48.9 Å². The van der Waals surface area contributed by atoms with E-state index in [1.54, 1.807) is 7.05 Å². The van der Waals surface area contributed by atoms with Crippen LogP contribution in [0.2, 0.25) is 0 Å². The Hall–Kier alpha value is -2.71. The lowest BCUT2D eigenvalue weighted by Gasteiger charge is -2.32. The lowest BCUT2D eigenvalue weighted by Crippen LogP contribution is -2.48. The maximum atomic E-state index is 12.6. The van der Waals surface area contributed by atoms with Gasteiger partial charge in [-0.2, -0.15) is 11.3 Å². The van der Waals surface area contributed by atoms with E-state index in [0.29, 0.717) is 5.56 Å². The van der Waals surface area contributed by atoms with Gasteiger partial charge in [-0.3, -0.25) is 19.3 Å². The van der Waals surface area contributed by atoms with Gasteiger partial charge in [0, 0.05) is 42.8 Å². The Morgan fingerprint density at radius 3 is 2.42 bits per heavy atom. The number of hydrogen-bond donors (Lipinski definition) is 2. The average molecular weight is 443 g/mol. The number of nitrogens with zero attached hydrogens (tertiary/aromatic N) is 2. The summed E-state index contributed by atoms with van der Waals surface area (Å²) in [6.07, 6.45) is 1.61. The van der Waals surface area contributed by atoms with Crippen molar-refractivity contribution in [2.75, 3.05) is 38.5 Å². The third-order valence-electron chi connectivity index (χ3n) is 5.62. The molecule has 1 aromatic heterocycles. The van der Waals surface area contributed by atoms with Crippen molar-refractivity contribution in [3.05, 3.63) is 51.7 Å². The van der Waals surface area contributed by atoms with E-state index in [0.717, 1.165) is 42.7 Å². The Bertz CT molecular complexity index is 901. The van der Waals surface area contributed by atoms with Crippen LogP contribution in [0.15, 0.2) is 35.0 Å². The van der Waals surface area contributed by atoms with Crippen molar-refractivity contribution in [2.45, 2.75) is 32.7 Å². The number of anilines is 1. The molecule has 1 aliphatic rings. The van der Waals surface area contributed by atoms with Gasteiger partial charge in [-0.05, 0) is 49.3 Å². The predicted octanol–water partition coefficient (Wildman–Crippen LogP) is 2.66. The summed E-state index contributed by atoms with van der Waals surface area (Å²) in [5.41, 5.74) is 3.50. The van der Waals surface area contributed by atoms with E-state index in [9.17, 15) is 14.4 Å². The number of amides is 3. The molecule has 0 bridgehead atoms. The van der Waals surface area contributed by atoms with Crippen LogP contribution >= 0.6 is 11.3 Å². The number of hydrogen-bond acceptors (Lipinski definition) is 5. The fraction of sp³-hybridized carbons (Fsp3) is 0.435. The maximum absolute atomic E-state index is 12.6. The van der Waals surface area contributed by atoms with Gasteiger partial charge in [0.15, 0.2) is 0 Å². The highest BCUT2D eigenvalue weighted by Crippen LogP contribution is 2.19. The number of carbonyl (C=O) groups is 3. The molecular weight excluding hydrogens is 412 g/mol. The van der Waals surface area contributed by atoms with E-state index < -0.39 is 0 Å². The van der Waals surface area contributed by atoms with Crippen molar-refractivity contribution < 1.29 is 14.4 Å². The fourth-order valence-electron chi connectivity index (χ4n) is 3.70. The summed E-state index contributed by atoms with van der Waals surface area (Å²) in [5, 5.41) is 9.72. The third-order valence-corrected chi connectivity index (χ3v) is 6.30. The second-order valence-corrected chi connectivity index (χ2v) is 8.88. The Morgan fingerprint density at radius 1 is 1.13 bits per heavy atom. The summed E-state index contributed by atoms with van der Waals surface area (Å²) >= 11 is 1.51. The smallest absolute Gasteiger partial charge is 0.252 e. The highest BCUT2D eigenvalue weighted by Gasteiger charge is 2.24. The fourth-order valence-corrected chi connectivity index (χ4v) is 4.34. The number of benzene rings is 1. The maximum Gasteiger partial charge on any atom is 0.252 e. The van der Waals surface area contributed by atoms with Gasteiger partial charge in [0.05, 0.1) is 13.1 Å². The third kappa shape index (κ3) is 6.38. The van der Waals surface area contributed by atoms with Crippen LogP contribution in [0.25, 0.3) is 0 Å². The first-order chi connectivity index (χ1) is 14.8. The van der Waals surface area contributed by atoms with Gasteiger partial charge in [0.1, 0.15) is 0 Å². The van der Waals surface area contributed by atoms with Gasteiger partial charge >= 0.3 is 0 Å². The van der Waals surface area contributed by atoms with Gasteiger partial charge in [-0.1, -0.05) is 18.2 Å². The SMILES string of the molecule is Cc1cccc(C)c1NC(=O)CN(C)C(=O)CN1CCC(NC(=O)c2ccsc2)CC1. The number of rotatable bonds is 7. The zero-order valence-electron chi connectivity index (χ0n) is 18.3. The minimum absolute atomic E-state index is 0.0137. The molecule has 31 heavy (non-hydrogen) atoms. The summed E-state index contributed by atoms with van der Waals surface area (Å²) < 4.78 is 0. The summed E-state index contributed by atoms with van der Waals surface area (Å²) in [7, 11) is 1.65. The second kappa shape index (κ2) is 10.5. The number of para-hydroxylation sites is 1. The summed E-state index contributed by atoms with van der Waals surface area (Å²) in [4.78, 5) is 40.7. The van der Waals surface area contributed by atoms with Gasteiger partial charge in [0.2, 0.25) is 11.8 Å². The molecular formula is C23H30N4O3S. The van der Waals surface area contributed by atoms with Gasteiger partial charge < -0.3 is 15.5 Å². The van der Waals surface area contributed by atoms with Crippen LogP contribution in [0.4, 0.5) is 5.69 Å². The van der Waals surface area contributed by atoms with Crippen molar-refractivity contribution >= 4 is 34.7 Å². The normalized spacial score (nSPS) is 14.8. The first kappa shape index (κ1) is 23.0. The van der Waals surface area contributed by atoms with Crippen molar-refractivity contribution in [1.29, 1.82) is 0 Å². The zero-order chi connectivity index (χ0) is 22.4. The number of thiophene rings is 1. The average Bonchev–Trinajstić information content (AvgIpc) is 3.27. The molecule has 1 aromatic carbocycles. The lowest BCUT2D eigenvalue weighted by molar-refractivity contribution is -0.134. The Kier molecular flexibility index (Phi) is 7.81. The number of piperidine rings is 1. The Labute approximate surface area is 187 Å². The predicted molar refractivity (Wildman–Crippen MR) is 123 cm³/mol. The quantitative estimate of drug-likeness (QED) is 0.691. The molecule has 0 unspecified atom stereocenters. The van der Waals surface area contributed by atoms with Crippen molar-refractivity contribution in [3.8, 4) is 0 Å². The molecule has 1 fully saturated rings. The molecule has 1 aliphatic heterocycles. The van der Waals surface area contributed by atoms with Crippen molar-refractivity contribution in [3.63, 3.8) is 0 Å².